The summed E-state index contributed by atoms with van der Waals surface area (Å²) in [5.41, 5.74) is 0. The molecule has 4 nitrogen and oxygen atoms in total. The maximum absolute atomic E-state index is 11.3. The van der Waals surface area contributed by atoms with Crippen molar-refractivity contribution in [2.75, 3.05) is 25.9 Å². The quantitative estimate of drug-likeness (QED) is 0.635. The first-order valence-corrected chi connectivity index (χ1v) is 5.28. The van der Waals surface area contributed by atoms with Gasteiger partial charge in [-0.2, -0.15) is 0 Å². The zero-order chi connectivity index (χ0) is 9.84. The van der Waals surface area contributed by atoms with Crippen LogP contribution in [0.5, 0.6) is 0 Å². The molecule has 1 unspecified atom stereocenters. The SMILES string of the molecule is CNC(=O)C1CN(C(C)=O)CCS1. The molecule has 74 valence electrons. The number of thioether (sulfide) groups is 1. The van der Waals surface area contributed by atoms with Gasteiger partial charge in [-0.15, -0.1) is 11.8 Å². The highest BCUT2D eigenvalue weighted by molar-refractivity contribution is 8.00. The smallest absolute Gasteiger partial charge is 0.234 e. The van der Waals surface area contributed by atoms with Crippen molar-refractivity contribution in [2.24, 2.45) is 0 Å². The predicted molar refractivity (Wildman–Crippen MR) is 52.6 cm³/mol. The molecule has 1 aliphatic heterocycles. The van der Waals surface area contributed by atoms with E-state index < -0.39 is 0 Å². The molecule has 0 bridgehead atoms. The second-order valence-electron chi connectivity index (χ2n) is 2.94. The van der Waals surface area contributed by atoms with Gasteiger partial charge < -0.3 is 10.2 Å². The van der Waals surface area contributed by atoms with Gasteiger partial charge in [0.25, 0.3) is 0 Å². The Morgan fingerprint density at radius 1 is 1.54 bits per heavy atom. The third kappa shape index (κ3) is 2.62. The van der Waals surface area contributed by atoms with E-state index in [1.807, 2.05) is 0 Å². The summed E-state index contributed by atoms with van der Waals surface area (Å²) in [5, 5.41) is 2.50. The number of nitrogens with one attached hydrogen (secondary N) is 1. The van der Waals surface area contributed by atoms with Crippen LogP contribution in [0.4, 0.5) is 0 Å². The van der Waals surface area contributed by atoms with E-state index in [1.54, 1.807) is 23.7 Å². The Morgan fingerprint density at radius 2 is 2.23 bits per heavy atom. The first-order valence-electron chi connectivity index (χ1n) is 4.24. The summed E-state index contributed by atoms with van der Waals surface area (Å²) >= 11 is 1.61. The van der Waals surface area contributed by atoms with Crippen LogP contribution < -0.4 is 5.32 Å². The number of amides is 2. The fourth-order valence-corrected chi connectivity index (χ4v) is 2.42. The van der Waals surface area contributed by atoms with Crippen LogP contribution in [-0.4, -0.2) is 47.9 Å². The second kappa shape index (κ2) is 4.50. The highest BCUT2D eigenvalue weighted by atomic mass is 32.2. The van der Waals surface area contributed by atoms with Gasteiger partial charge in [0.05, 0.1) is 0 Å². The van der Waals surface area contributed by atoms with Gasteiger partial charge in [0.15, 0.2) is 0 Å². The van der Waals surface area contributed by atoms with Crippen molar-refractivity contribution < 1.29 is 9.59 Å². The molecule has 1 aliphatic rings. The third-order valence-electron chi connectivity index (χ3n) is 2.05. The van der Waals surface area contributed by atoms with E-state index >= 15 is 0 Å². The Labute approximate surface area is 82.0 Å². The van der Waals surface area contributed by atoms with E-state index in [9.17, 15) is 9.59 Å². The number of carbonyl (C=O) groups excluding carboxylic acids is 2. The van der Waals surface area contributed by atoms with Gasteiger partial charge in [0.2, 0.25) is 11.8 Å². The normalized spacial score (nSPS) is 22.6. The van der Waals surface area contributed by atoms with Gasteiger partial charge >= 0.3 is 0 Å². The number of nitrogens with zero attached hydrogens (tertiary/aromatic N) is 1. The molecule has 0 saturated carbocycles. The molecule has 0 aromatic carbocycles. The fourth-order valence-electron chi connectivity index (χ4n) is 1.25. The van der Waals surface area contributed by atoms with Gasteiger partial charge in [-0.1, -0.05) is 0 Å². The second-order valence-corrected chi connectivity index (χ2v) is 4.25. The van der Waals surface area contributed by atoms with Crippen molar-refractivity contribution in [1.82, 2.24) is 10.2 Å². The van der Waals surface area contributed by atoms with Gasteiger partial charge in [0, 0.05) is 32.8 Å². The molecule has 13 heavy (non-hydrogen) atoms. The zero-order valence-corrected chi connectivity index (χ0v) is 8.69. The minimum atomic E-state index is -0.0948. The number of hydrogen-bond acceptors (Lipinski definition) is 3. The Kier molecular flexibility index (Phi) is 3.59. The maximum Gasteiger partial charge on any atom is 0.234 e. The average Bonchev–Trinajstić information content (AvgIpc) is 2.17. The first kappa shape index (κ1) is 10.4. The Bertz CT molecular complexity index is 220. The van der Waals surface area contributed by atoms with Crippen LogP contribution in [0.15, 0.2) is 0 Å². The average molecular weight is 202 g/mol. The topological polar surface area (TPSA) is 49.4 Å². The molecule has 1 heterocycles. The third-order valence-corrected chi connectivity index (χ3v) is 3.23. The van der Waals surface area contributed by atoms with Crippen molar-refractivity contribution in [2.45, 2.75) is 12.2 Å². The molecule has 1 rings (SSSR count). The van der Waals surface area contributed by atoms with Gasteiger partial charge in [-0.3, -0.25) is 9.59 Å². The number of carbonyl (C=O) groups is 2. The van der Waals surface area contributed by atoms with Crippen LogP contribution in [0.25, 0.3) is 0 Å². The van der Waals surface area contributed by atoms with Crippen LogP contribution in [0.2, 0.25) is 0 Å². The van der Waals surface area contributed by atoms with Crippen LogP contribution in [0.1, 0.15) is 6.92 Å². The molecule has 0 aliphatic carbocycles. The predicted octanol–water partition coefficient (Wildman–Crippen LogP) is -0.304. The largest absolute Gasteiger partial charge is 0.358 e. The minimum absolute atomic E-state index is 0.0101. The van der Waals surface area contributed by atoms with E-state index in [0.29, 0.717) is 6.54 Å². The minimum Gasteiger partial charge on any atom is -0.358 e. The van der Waals surface area contributed by atoms with Crippen LogP contribution in [0.3, 0.4) is 0 Å². The summed E-state index contributed by atoms with van der Waals surface area (Å²) in [5.74, 6) is 0.905. The van der Waals surface area contributed by atoms with E-state index in [1.165, 1.54) is 6.92 Å². The Morgan fingerprint density at radius 3 is 2.77 bits per heavy atom. The molecule has 0 aromatic rings. The molecule has 1 atom stereocenters. The van der Waals surface area contributed by atoms with Gasteiger partial charge in [-0.05, 0) is 0 Å². The number of hydrogen-bond donors (Lipinski definition) is 1. The van der Waals surface area contributed by atoms with Crippen LogP contribution in [0, 0.1) is 0 Å². The number of rotatable bonds is 1. The molecule has 0 spiro atoms. The van der Waals surface area contributed by atoms with E-state index in [4.69, 9.17) is 0 Å². The van der Waals surface area contributed by atoms with E-state index in [-0.39, 0.29) is 17.1 Å². The maximum atomic E-state index is 11.3. The van der Waals surface area contributed by atoms with Crippen molar-refractivity contribution in [3.05, 3.63) is 0 Å². The molecule has 0 aromatic heterocycles. The highest BCUT2D eigenvalue weighted by Gasteiger charge is 2.26. The summed E-state index contributed by atoms with van der Waals surface area (Å²) in [6.07, 6.45) is 0. The Hall–Kier alpha value is -0.710. The van der Waals surface area contributed by atoms with Crippen molar-refractivity contribution in [1.29, 1.82) is 0 Å². The molecular formula is C8H14N2O2S. The lowest BCUT2D eigenvalue weighted by Crippen LogP contribution is -2.46. The molecule has 0 radical (unpaired) electrons. The first-order chi connectivity index (χ1) is 6.15. The molecule has 1 fully saturated rings. The van der Waals surface area contributed by atoms with Gasteiger partial charge in [0.1, 0.15) is 5.25 Å². The summed E-state index contributed by atoms with van der Waals surface area (Å²) in [4.78, 5) is 24.0. The van der Waals surface area contributed by atoms with Crippen molar-refractivity contribution in [3.63, 3.8) is 0 Å². The lowest BCUT2D eigenvalue weighted by molar-refractivity contribution is -0.129. The summed E-state index contributed by atoms with van der Waals surface area (Å²) in [6.45, 7) is 2.84. The lowest BCUT2D eigenvalue weighted by atomic mass is 10.3. The lowest BCUT2D eigenvalue weighted by Gasteiger charge is -2.30. The fraction of sp³-hybridized carbons (Fsp3) is 0.750. The highest BCUT2D eigenvalue weighted by Crippen LogP contribution is 2.18. The summed E-state index contributed by atoms with van der Waals surface area (Å²) in [7, 11) is 1.62. The van der Waals surface area contributed by atoms with Crippen LogP contribution in [-0.2, 0) is 9.59 Å². The molecule has 5 heteroatoms. The molecular weight excluding hydrogens is 188 g/mol. The summed E-state index contributed by atoms with van der Waals surface area (Å²) < 4.78 is 0. The molecule has 1 saturated heterocycles. The van der Waals surface area contributed by atoms with E-state index in [0.717, 1.165) is 12.3 Å². The standard InChI is InChI=1S/C8H14N2O2S/c1-6(11)10-3-4-13-7(5-10)8(12)9-2/h7H,3-5H2,1-2H3,(H,9,12). The zero-order valence-electron chi connectivity index (χ0n) is 7.87. The van der Waals surface area contributed by atoms with Crippen molar-refractivity contribution >= 4 is 23.6 Å². The van der Waals surface area contributed by atoms with Crippen LogP contribution >= 0.6 is 11.8 Å². The van der Waals surface area contributed by atoms with Crippen molar-refractivity contribution in [3.8, 4) is 0 Å². The molecule has 2 amide bonds. The summed E-state index contributed by atoms with van der Waals surface area (Å²) in [6, 6.07) is 0. The van der Waals surface area contributed by atoms with Gasteiger partial charge in [-0.25, -0.2) is 0 Å². The van der Waals surface area contributed by atoms with E-state index in [2.05, 4.69) is 5.32 Å². The Balaban J connectivity index is 2.51. The monoisotopic (exact) mass is 202 g/mol. The molecule has 1 N–H and O–H groups in total.